The lowest BCUT2D eigenvalue weighted by Gasteiger charge is -2.17. The van der Waals surface area contributed by atoms with Crippen LogP contribution in [0.1, 0.15) is 19.7 Å². The van der Waals surface area contributed by atoms with Gasteiger partial charge in [0.25, 0.3) is 0 Å². The second kappa shape index (κ2) is 4.70. The largest absolute Gasteiger partial charge is 0.391 e. The number of anilines is 1. The van der Waals surface area contributed by atoms with Gasteiger partial charge in [-0.3, -0.25) is 0 Å². The number of nitrogens with zero attached hydrogens (tertiary/aromatic N) is 2. The highest BCUT2D eigenvalue weighted by Crippen LogP contribution is 2.19. The molecule has 0 saturated heterocycles. The Kier molecular flexibility index (Phi) is 3.83. The van der Waals surface area contributed by atoms with Gasteiger partial charge in [0.05, 0.1) is 16.6 Å². The van der Waals surface area contributed by atoms with Crippen LogP contribution in [0.2, 0.25) is 0 Å². The molecular weight excluding hydrogens is 246 g/mol. The van der Waals surface area contributed by atoms with Crippen molar-refractivity contribution in [1.82, 2.24) is 9.97 Å². The zero-order valence-electron chi connectivity index (χ0n) is 8.45. The first-order valence-electron chi connectivity index (χ1n) is 4.44. The maximum atomic E-state index is 9.32. The fourth-order valence-electron chi connectivity index (χ4n) is 0.893. The van der Waals surface area contributed by atoms with Crippen molar-refractivity contribution in [2.45, 2.75) is 32.9 Å². The van der Waals surface area contributed by atoms with E-state index < -0.39 is 6.10 Å². The monoisotopic (exact) mass is 259 g/mol. The van der Waals surface area contributed by atoms with Gasteiger partial charge in [0.15, 0.2) is 0 Å². The zero-order valence-corrected chi connectivity index (χ0v) is 10.0. The molecule has 0 radical (unpaired) electrons. The molecule has 1 aromatic heterocycles. The Bertz CT molecular complexity index is 317. The molecule has 0 spiro atoms. The Morgan fingerprint density at radius 1 is 1.50 bits per heavy atom. The molecular formula is C9H14BrN3O. The van der Waals surface area contributed by atoms with Crippen molar-refractivity contribution in [2.75, 3.05) is 5.32 Å². The minimum absolute atomic E-state index is 0.0411. The minimum Gasteiger partial charge on any atom is -0.391 e. The Labute approximate surface area is 91.9 Å². The summed E-state index contributed by atoms with van der Waals surface area (Å²) in [6.45, 7) is 5.46. The predicted molar refractivity (Wildman–Crippen MR) is 59.2 cm³/mol. The molecule has 14 heavy (non-hydrogen) atoms. The summed E-state index contributed by atoms with van der Waals surface area (Å²) in [4.78, 5) is 8.25. The zero-order chi connectivity index (χ0) is 10.7. The second-order valence-corrected chi connectivity index (χ2v) is 4.14. The highest BCUT2D eigenvalue weighted by Gasteiger charge is 2.11. The first kappa shape index (κ1) is 11.4. The van der Waals surface area contributed by atoms with Crippen LogP contribution in [-0.2, 0) is 0 Å². The third kappa shape index (κ3) is 2.92. The molecule has 1 aromatic rings. The molecule has 0 amide bonds. The molecule has 0 aliphatic rings. The lowest BCUT2D eigenvalue weighted by Crippen LogP contribution is -2.28. The van der Waals surface area contributed by atoms with Crippen LogP contribution in [0, 0.1) is 6.92 Å². The number of rotatable bonds is 3. The van der Waals surface area contributed by atoms with E-state index in [4.69, 9.17) is 0 Å². The summed E-state index contributed by atoms with van der Waals surface area (Å²) >= 11 is 3.34. The third-order valence-electron chi connectivity index (χ3n) is 1.95. The minimum atomic E-state index is -0.419. The van der Waals surface area contributed by atoms with E-state index in [1.807, 2.05) is 13.8 Å². The summed E-state index contributed by atoms with van der Waals surface area (Å²) in [7, 11) is 0. The second-order valence-electron chi connectivity index (χ2n) is 3.29. The maximum absolute atomic E-state index is 9.32. The summed E-state index contributed by atoms with van der Waals surface area (Å²) in [5.41, 5.74) is 0. The molecule has 2 unspecified atom stereocenters. The lowest BCUT2D eigenvalue weighted by atomic mass is 10.2. The molecule has 0 bridgehead atoms. The first-order chi connectivity index (χ1) is 6.50. The molecule has 5 heteroatoms. The van der Waals surface area contributed by atoms with Gasteiger partial charge in [-0.05, 0) is 36.7 Å². The number of hydrogen-bond acceptors (Lipinski definition) is 4. The average Bonchev–Trinajstić information content (AvgIpc) is 2.11. The number of aromatic nitrogens is 2. The van der Waals surface area contributed by atoms with E-state index in [0.717, 1.165) is 4.47 Å². The SMILES string of the molecule is Cc1ncc(Br)c(NC(C)C(C)O)n1. The van der Waals surface area contributed by atoms with E-state index in [0.29, 0.717) is 11.6 Å². The Morgan fingerprint density at radius 2 is 2.14 bits per heavy atom. The molecule has 2 N–H and O–H groups in total. The highest BCUT2D eigenvalue weighted by atomic mass is 79.9. The molecule has 1 heterocycles. The van der Waals surface area contributed by atoms with Crippen molar-refractivity contribution >= 4 is 21.7 Å². The van der Waals surface area contributed by atoms with Crippen LogP contribution in [0.25, 0.3) is 0 Å². The van der Waals surface area contributed by atoms with Gasteiger partial charge < -0.3 is 10.4 Å². The van der Waals surface area contributed by atoms with Crippen LogP contribution < -0.4 is 5.32 Å². The Morgan fingerprint density at radius 3 is 2.71 bits per heavy atom. The standard InChI is InChI=1S/C9H14BrN3O/c1-5(6(2)14)12-9-8(10)4-11-7(3)13-9/h4-6,14H,1-3H3,(H,11,12,13). The van der Waals surface area contributed by atoms with Crippen LogP contribution in [0.15, 0.2) is 10.7 Å². The lowest BCUT2D eigenvalue weighted by molar-refractivity contribution is 0.177. The summed E-state index contributed by atoms with van der Waals surface area (Å²) in [6, 6.07) is -0.0411. The summed E-state index contributed by atoms with van der Waals surface area (Å²) in [5.74, 6) is 1.42. The van der Waals surface area contributed by atoms with Gasteiger partial charge in [-0.1, -0.05) is 0 Å². The fourth-order valence-corrected chi connectivity index (χ4v) is 1.20. The molecule has 0 aliphatic heterocycles. The number of nitrogens with one attached hydrogen (secondary N) is 1. The molecule has 0 aromatic carbocycles. The van der Waals surface area contributed by atoms with Gasteiger partial charge in [0.2, 0.25) is 0 Å². The summed E-state index contributed by atoms with van der Waals surface area (Å²) < 4.78 is 0.801. The van der Waals surface area contributed by atoms with Gasteiger partial charge >= 0.3 is 0 Å². The van der Waals surface area contributed by atoms with E-state index in [2.05, 4.69) is 31.2 Å². The first-order valence-corrected chi connectivity index (χ1v) is 5.23. The van der Waals surface area contributed by atoms with E-state index in [1.54, 1.807) is 13.1 Å². The Balaban J connectivity index is 2.80. The van der Waals surface area contributed by atoms with Crippen molar-refractivity contribution in [3.63, 3.8) is 0 Å². The van der Waals surface area contributed by atoms with Gasteiger partial charge in [-0.2, -0.15) is 0 Å². The van der Waals surface area contributed by atoms with Crippen LogP contribution in [0.5, 0.6) is 0 Å². The van der Waals surface area contributed by atoms with E-state index in [9.17, 15) is 5.11 Å². The van der Waals surface area contributed by atoms with Crippen LogP contribution in [0.4, 0.5) is 5.82 Å². The summed E-state index contributed by atoms with van der Waals surface area (Å²) in [5, 5.41) is 12.4. The maximum Gasteiger partial charge on any atom is 0.144 e. The topological polar surface area (TPSA) is 58.0 Å². The number of halogens is 1. The van der Waals surface area contributed by atoms with Crippen molar-refractivity contribution in [3.8, 4) is 0 Å². The Hall–Kier alpha value is -0.680. The third-order valence-corrected chi connectivity index (χ3v) is 2.53. The molecule has 0 fully saturated rings. The number of aliphatic hydroxyl groups is 1. The van der Waals surface area contributed by atoms with Gasteiger partial charge in [0, 0.05) is 6.20 Å². The highest BCUT2D eigenvalue weighted by molar-refractivity contribution is 9.10. The van der Waals surface area contributed by atoms with E-state index in [-0.39, 0.29) is 6.04 Å². The average molecular weight is 260 g/mol. The smallest absolute Gasteiger partial charge is 0.144 e. The predicted octanol–water partition coefficient (Wildman–Crippen LogP) is 1.73. The molecule has 2 atom stereocenters. The van der Waals surface area contributed by atoms with E-state index >= 15 is 0 Å². The van der Waals surface area contributed by atoms with Crippen LogP contribution >= 0.6 is 15.9 Å². The van der Waals surface area contributed by atoms with Crippen molar-refractivity contribution in [1.29, 1.82) is 0 Å². The molecule has 0 saturated carbocycles. The molecule has 0 aliphatic carbocycles. The normalized spacial score (nSPS) is 14.9. The van der Waals surface area contributed by atoms with Gasteiger partial charge in [-0.25, -0.2) is 9.97 Å². The van der Waals surface area contributed by atoms with Crippen molar-refractivity contribution < 1.29 is 5.11 Å². The molecule has 78 valence electrons. The number of hydrogen-bond donors (Lipinski definition) is 2. The van der Waals surface area contributed by atoms with Crippen LogP contribution in [-0.4, -0.2) is 27.2 Å². The van der Waals surface area contributed by atoms with Gasteiger partial charge in [-0.15, -0.1) is 0 Å². The molecule has 4 nitrogen and oxygen atoms in total. The number of aliphatic hydroxyl groups excluding tert-OH is 1. The number of aryl methyl sites for hydroxylation is 1. The quantitative estimate of drug-likeness (QED) is 0.868. The van der Waals surface area contributed by atoms with Gasteiger partial charge in [0.1, 0.15) is 11.6 Å². The van der Waals surface area contributed by atoms with Crippen molar-refractivity contribution in [3.05, 3.63) is 16.5 Å². The van der Waals surface area contributed by atoms with Crippen LogP contribution in [0.3, 0.4) is 0 Å². The summed E-state index contributed by atoms with van der Waals surface area (Å²) in [6.07, 6.45) is 1.27. The van der Waals surface area contributed by atoms with Crippen molar-refractivity contribution in [2.24, 2.45) is 0 Å². The fraction of sp³-hybridized carbons (Fsp3) is 0.556. The molecule has 1 rings (SSSR count). The van der Waals surface area contributed by atoms with E-state index in [1.165, 1.54) is 0 Å².